The molecular formula is C19H26N2OS. The minimum Gasteiger partial charge on any atom is -0.356 e. The highest BCUT2D eigenvalue weighted by atomic mass is 32.1. The molecule has 3 nitrogen and oxygen atoms in total. The van der Waals surface area contributed by atoms with Crippen molar-refractivity contribution in [2.24, 2.45) is 5.41 Å². The van der Waals surface area contributed by atoms with Gasteiger partial charge in [0.25, 0.3) is 0 Å². The molecule has 1 aromatic heterocycles. The topological polar surface area (TPSA) is 42.0 Å². The first-order chi connectivity index (χ1) is 10.8. The van der Waals surface area contributed by atoms with Crippen LogP contribution in [0.2, 0.25) is 0 Å². The van der Waals surface area contributed by atoms with Crippen molar-refractivity contribution in [3.05, 3.63) is 51.5 Å². The summed E-state index contributed by atoms with van der Waals surface area (Å²) in [6.07, 6.45) is 2.29. The number of carbonyl (C=O) groups is 1. The lowest BCUT2D eigenvalue weighted by atomic mass is 9.92. The van der Waals surface area contributed by atoms with Gasteiger partial charge in [-0.15, -0.1) is 11.3 Å². The van der Waals surface area contributed by atoms with Crippen molar-refractivity contribution >= 4 is 17.2 Å². The molecule has 4 heteroatoms. The SMILES string of the molecule is Cc1nc(CCNC(=O)CC(C)(C)C)sc1Cc1ccccc1. The third-order valence-corrected chi connectivity index (χ3v) is 4.71. The molecule has 0 bridgehead atoms. The Morgan fingerprint density at radius 2 is 1.91 bits per heavy atom. The van der Waals surface area contributed by atoms with E-state index >= 15 is 0 Å². The van der Waals surface area contributed by atoms with E-state index in [1.807, 2.05) is 6.07 Å². The Bertz CT molecular complexity index is 641. The van der Waals surface area contributed by atoms with Gasteiger partial charge in [0.2, 0.25) is 5.91 Å². The van der Waals surface area contributed by atoms with E-state index < -0.39 is 0 Å². The average Bonchev–Trinajstić information content (AvgIpc) is 2.78. The molecule has 0 fully saturated rings. The summed E-state index contributed by atoms with van der Waals surface area (Å²) in [4.78, 5) is 17.8. The van der Waals surface area contributed by atoms with Gasteiger partial charge >= 0.3 is 0 Å². The van der Waals surface area contributed by atoms with E-state index in [-0.39, 0.29) is 11.3 Å². The molecule has 23 heavy (non-hydrogen) atoms. The van der Waals surface area contributed by atoms with Crippen molar-refractivity contribution in [3.8, 4) is 0 Å². The Morgan fingerprint density at radius 3 is 2.57 bits per heavy atom. The maximum absolute atomic E-state index is 11.8. The summed E-state index contributed by atoms with van der Waals surface area (Å²) < 4.78 is 0. The lowest BCUT2D eigenvalue weighted by Crippen LogP contribution is -2.29. The second-order valence-corrected chi connectivity index (χ2v) is 8.28. The lowest BCUT2D eigenvalue weighted by molar-refractivity contribution is -0.122. The molecule has 0 unspecified atom stereocenters. The Morgan fingerprint density at radius 1 is 1.22 bits per heavy atom. The van der Waals surface area contributed by atoms with Crippen molar-refractivity contribution in [3.63, 3.8) is 0 Å². The number of hydrogen-bond acceptors (Lipinski definition) is 3. The third kappa shape index (κ3) is 6.14. The molecule has 2 aromatic rings. The summed E-state index contributed by atoms with van der Waals surface area (Å²) in [6, 6.07) is 10.5. The van der Waals surface area contributed by atoms with Crippen LogP contribution >= 0.6 is 11.3 Å². The Labute approximate surface area is 143 Å². The predicted octanol–water partition coefficient (Wildman–Crippen LogP) is 4.14. The number of benzene rings is 1. The summed E-state index contributed by atoms with van der Waals surface area (Å²) in [5.74, 6) is 0.121. The second-order valence-electron chi connectivity index (χ2n) is 7.12. The van der Waals surface area contributed by atoms with Crippen molar-refractivity contribution < 1.29 is 4.79 Å². The highest BCUT2D eigenvalue weighted by Gasteiger charge is 2.15. The summed E-state index contributed by atoms with van der Waals surface area (Å²) in [6.45, 7) is 8.95. The largest absolute Gasteiger partial charge is 0.356 e. The molecule has 2 rings (SSSR count). The summed E-state index contributed by atoms with van der Waals surface area (Å²) in [5, 5.41) is 4.10. The minimum atomic E-state index is 0.0324. The molecular weight excluding hydrogens is 304 g/mol. The van der Waals surface area contributed by atoms with Crippen LogP contribution in [0.1, 0.15) is 48.3 Å². The fraction of sp³-hybridized carbons (Fsp3) is 0.474. The molecule has 124 valence electrons. The van der Waals surface area contributed by atoms with Crippen LogP contribution in [0, 0.1) is 12.3 Å². The Hall–Kier alpha value is -1.68. The predicted molar refractivity (Wildman–Crippen MR) is 96.9 cm³/mol. The molecule has 0 aliphatic heterocycles. The number of nitrogens with one attached hydrogen (secondary N) is 1. The zero-order valence-electron chi connectivity index (χ0n) is 14.5. The van der Waals surface area contributed by atoms with Gasteiger partial charge in [-0.3, -0.25) is 4.79 Å². The number of thiazole rings is 1. The smallest absolute Gasteiger partial charge is 0.220 e. The van der Waals surface area contributed by atoms with E-state index in [4.69, 9.17) is 0 Å². The first kappa shape index (κ1) is 17.7. The molecule has 0 radical (unpaired) electrons. The van der Waals surface area contributed by atoms with Crippen LogP contribution in [0.25, 0.3) is 0 Å². The first-order valence-electron chi connectivity index (χ1n) is 8.09. The third-order valence-electron chi connectivity index (χ3n) is 3.50. The van der Waals surface area contributed by atoms with E-state index in [1.54, 1.807) is 11.3 Å². The second kappa shape index (κ2) is 7.73. The van der Waals surface area contributed by atoms with Gasteiger partial charge in [0.15, 0.2) is 0 Å². The summed E-state index contributed by atoms with van der Waals surface area (Å²) in [7, 11) is 0. The monoisotopic (exact) mass is 330 g/mol. The highest BCUT2D eigenvalue weighted by Crippen LogP contribution is 2.22. The highest BCUT2D eigenvalue weighted by molar-refractivity contribution is 7.11. The number of hydrogen-bond donors (Lipinski definition) is 1. The van der Waals surface area contributed by atoms with Crippen LogP contribution in [0.3, 0.4) is 0 Å². The van der Waals surface area contributed by atoms with Gasteiger partial charge in [-0.05, 0) is 17.9 Å². The molecule has 1 aromatic carbocycles. The van der Waals surface area contributed by atoms with Gasteiger partial charge in [-0.1, -0.05) is 51.1 Å². The van der Waals surface area contributed by atoms with Crippen LogP contribution in [0.15, 0.2) is 30.3 Å². The maximum Gasteiger partial charge on any atom is 0.220 e. The molecule has 0 spiro atoms. The molecule has 1 N–H and O–H groups in total. The first-order valence-corrected chi connectivity index (χ1v) is 8.91. The summed E-state index contributed by atoms with van der Waals surface area (Å²) >= 11 is 1.76. The quantitative estimate of drug-likeness (QED) is 0.865. The molecule has 0 aliphatic rings. The maximum atomic E-state index is 11.8. The Balaban J connectivity index is 1.85. The number of aryl methyl sites for hydroxylation is 1. The molecule has 0 saturated heterocycles. The number of carbonyl (C=O) groups excluding carboxylic acids is 1. The van der Waals surface area contributed by atoms with Crippen molar-refractivity contribution in [1.82, 2.24) is 10.3 Å². The van der Waals surface area contributed by atoms with Gasteiger partial charge in [-0.25, -0.2) is 4.98 Å². The van der Waals surface area contributed by atoms with Gasteiger partial charge in [0.05, 0.1) is 10.7 Å². The van der Waals surface area contributed by atoms with Gasteiger partial charge in [0, 0.05) is 30.7 Å². The average molecular weight is 330 g/mol. The fourth-order valence-corrected chi connectivity index (χ4v) is 3.50. The minimum absolute atomic E-state index is 0.0324. The van der Waals surface area contributed by atoms with Gasteiger partial charge < -0.3 is 5.32 Å². The molecule has 0 saturated carbocycles. The van der Waals surface area contributed by atoms with E-state index in [0.29, 0.717) is 13.0 Å². The molecule has 0 aliphatic carbocycles. The van der Waals surface area contributed by atoms with Crippen LogP contribution in [-0.2, 0) is 17.6 Å². The van der Waals surface area contributed by atoms with E-state index in [1.165, 1.54) is 10.4 Å². The zero-order valence-corrected chi connectivity index (χ0v) is 15.3. The molecule has 0 atom stereocenters. The van der Waals surface area contributed by atoms with E-state index in [9.17, 15) is 4.79 Å². The van der Waals surface area contributed by atoms with Gasteiger partial charge in [0.1, 0.15) is 0 Å². The summed E-state index contributed by atoms with van der Waals surface area (Å²) in [5.41, 5.74) is 2.45. The fourth-order valence-electron chi connectivity index (χ4n) is 2.39. The zero-order chi connectivity index (χ0) is 16.9. The number of amides is 1. The number of nitrogens with zero attached hydrogens (tertiary/aromatic N) is 1. The molecule has 1 heterocycles. The number of rotatable bonds is 6. The van der Waals surface area contributed by atoms with Crippen LogP contribution < -0.4 is 5.32 Å². The standard InChI is InChI=1S/C19H26N2OS/c1-14-16(12-15-8-6-5-7-9-15)23-18(21-14)10-11-20-17(22)13-19(2,3)4/h5-9H,10-13H2,1-4H3,(H,20,22). The van der Waals surface area contributed by atoms with Crippen LogP contribution in [0.4, 0.5) is 0 Å². The Kier molecular flexibility index (Phi) is 5.94. The van der Waals surface area contributed by atoms with Crippen LogP contribution in [0.5, 0.6) is 0 Å². The van der Waals surface area contributed by atoms with Crippen molar-refractivity contribution in [1.29, 1.82) is 0 Å². The van der Waals surface area contributed by atoms with E-state index in [2.05, 4.69) is 62.3 Å². The van der Waals surface area contributed by atoms with Gasteiger partial charge in [-0.2, -0.15) is 0 Å². The number of aromatic nitrogens is 1. The van der Waals surface area contributed by atoms with E-state index in [0.717, 1.165) is 23.5 Å². The molecule has 1 amide bonds. The lowest BCUT2D eigenvalue weighted by Gasteiger charge is -2.16. The normalized spacial score (nSPS) is 11.5. The van der Waals surface area contributed by atoms with Crippen molar-refractivity contribution in [2.45, 2.75) is 47.0 Å². The van der Waals surface area contributed by atoms with Crippen molar-refractivity contribution in [2.75, 3.05) is 6.54 Å². The van der Waals surface area contributed by atoms with Crippen LogP contribution in [-0.4, -0.2) is 17.4 Å².